The quantitative estimate of drug-likeness (QED) is 0.0290. The molecule has 4 aliphatic heterocycles. The van der Waals surface area contributed by atoms with E-state index in [-0.39, 0.29) is 0 Å². The Morgan fingerprint density at radius 1 is 0.500 bits per heavy atom. The van der Waals surface area contributed by atoms with Crippen LogP contribution in [0, 0.1) is 0 Å². The number of alkyl carbamates (subject to hydrolysis) is 2. The van der Waals surface area contributed by atoms with E-state index in [4.69, 9.17) is 47.4 Å². The molecule has 24 atom stereocenters. The zero-order valence-electron chi connectivity index (χ0n) is 49.1. The van der Waals surface area contributed by atoms with Gasteiger partial charge in [0.15, 0.2) is 25.2 Å². The summed E-state index contributed by atoms with van der Waals surface area (Å²) in [5.74, 6) is 0. The molecule has 492 valence electrons. The molecule has 4 fully saturated rings. The standard InChI is InChI=1S/C26H47NO14.C22H39NO14.C6H12/c1-5-6-7-8-9-14(30)13(27-25(36)41-26(2,3)4)12-37-23-21(35)19(33)22(16(11-29)39-23)40-24-20(34)18(32)17(31)15(10-28)38-24;1-5-10(26)9(23-21(32)37-22(2,3)4)8-33-19-17(31)15(29)18(12(7-25)35-19)36-20-16(30)14(28)13(27)11(6-24)34-20;1-3-5-6-4-2/h8-9,13-24,28-35H,5-7,10-12H2,1-4H3,(H,27,36);5,9-20,24-31H,1,6-8H2,2-4H3,(H,23,32);3H,1,4-6H2,2H3/b9-8+;;/t13-,14+,15?,16?,17-,18-,19+,20?,21?,22+,23+,24-;9-,10+,11?,12?,13-,14-,15+,16?,17?,18+,19+,20-;/m00./s1. The van der Waals surface area contributed by atoms with Gasteiger partial charge in [0.25, 0.3) is 0 Å². The zero-order valence-corrected chi connectivity index (χ0v) is 49.1. The Balaban J connectivity index is 0.000000524. The fourth-order valence-corrected chi connectivity index (χ4v) is 8.36. The first-order valence-corrected chi connectivity index (χ1v) is 28.0. The van der Waals surface area contributed by atoms with Gasteiger partial charge >= 0.3 is 12.2 Å². The minimum Gasteiger partial charge on any atom is -0.444 e. The van der Waals surface area contributed by atoms with Gasteiger partial charge in [0.05, 0.1) is 63.9 Å². The Hall–Kier alpha value is -3.20. The number of carbonyl (C=O) groups excluding carboxylic acids is 2. The van der Waals surface area contributed by atoms with E-state index in [1.165, 1.54) is 25.3 Å². The van der Waals surface area contributed by atoms with Crippen LogP contribution >= 0.6 is 0 Å². The zero-order chi connectivity index (χ0) is 63.8. The molecular formula is C54H98N2O28. The van der Waals surface area contributed by atoms with Crippen molar-refractivity contribution in [2.75, 3.05) is 39.6 Å². The van der Waals surface area contributed by atoms with E-state index in [2.05, 4.69) is 30.7 Å². The summed E-state index contributed by atoms with van der Waals surface area (Å²) in [6.07, 6.45) is -23.6. The van der Waals surface area contributed by atoms with Gasteiger partial charge in [0.2, 0.25) is 0 Å². The van der Waals surface area contributed by atoms with Crippen molar-refractivity contribution in [3.8, 4) is 0 Å². The molecule has 84 heavy (non-hydrogen) atoms. The van der Waals surface area contributed by atoms with Crippen molar-refractivity contribution in [1.82, 2.24) is 10.6 Å². The number of carbonyl (C=O) groups is 2. The third-order valence-corrected chi connectivity index (χ3v) is 13.1. The van der Waals surface area contributed by atoms with E-state index in [1.807, 2.05) is 13.0 Å². The number of rotatable bonds is 26. The van der Waals surface area contributed by atoms with Crippen LogP contribution in [0.3, 0.4) is 0 Å². The molecule has 0 bridgehead atoms. The Morgan fingerprint density at radius 2 is 0.845 bits per heavy atom. The minimum absolute atomic E-state index is 0.399. The Morgan fingerprint density at radius 3 is 1.17 bits per heavy atom. The van der Waals surface area contributed by atoms with E-state index in [0.29, 0.717) is 6.42 Å². The maximum absolute atomic E-state index is 12.4. The smallest absolute Gasteiger partial charge is 0.408 e. The van der Waals surface area contributed by atoms with Gasteiger partial charge in [-0.2, -0.15) is 0 Å². The second-order valence-corrected chi connectivity index (χ2v) is 22.4. The molecule has 4 rings (SSSR count). The van der Waals surface area contributed by atoms with Crippen LogP contribution in [0.1, 0.15) is 93.9 Å². The van der Waals surface area contributed by atoms with Crippen LogP contribution in [0.15, 0.2) is 37.5 Å². The van der Waals surface area contributed by atoms with Crippen LogP contribution in [0.25, 0.3) is 0 Å². The molecule has 30 heteroatoms. The molecular weight excluding hydrogens is 1120 g/mol. The lowest BCUT2D eigenvalue weighted by atomic mass is 9.97. The lowest BCUT2D eigenvalue weighted by Gasteiger charge is -2.46. The van der Waals surface area contributed by atoms with Crippen LogP contribution < -0.4 is 10.6 Å². The molecule has 2 amide bonds. The third kappa shape index (κ3) is 24.4. The number of aliphatic hydroxyl groups excluding tert-OH is 16. The summed E-state index contributed by atoms with van der Waals surface area (Å²) < 4.78 is 54.1. The van der Waals surface area contributed by atoms with E-state index in [1.54, 1.807) is 47.6 Å². The summed E-state index contributed by atoms with van der Waals surface area (Å²) in [6.45, 7) is 17.5. The normalized spacial score (nSPS) is 35.2. The monoisotopic (exact) mass is 1220 g/mol. The summed E-state index contributed by atoms with van der Waals surface area (Å²) in [4.78, 5) is 24.5. The van der Waals surface area contributed by atoms with Crippen LogP contribution in [0.4, 0.5) is 9.59 Å². The number of ether oxygens (including phenoxy) is 10. The number of nitrogens with one attached hydrogen (secondary N) is 2. The van der Waals surface area contributed by atoms with Crippen molar-refractivity contribution < 1.29 is 139 Å². The Kier molecular flexibility index (Phi) is 34.4. The molecule has 0 aromatic heterocycles. The molecule has 0 aromatic carbocycles. The number of unbranched alkanes of at least 4 members (excludes halogenated alkanes) is 4. The van der Waals surface area contributed by atoms with Crippen LogP contribution in [0.2, 0.25) is 0 Å². The molecule has 0 aromatic rings. The van der Waals surface area contributed by atoms with Crippen molar-refractivity contribution in [2.45, 2.75) is 252 Å². The largest absolute Gasteiger partial charge is 0.444 e. The molecule has 4 aliphatic rings. The van der Waals surface area contributed by atoms with Crippen molar-refractivity contribution in [3.63, 3.8) is 0 Å². The second-order valence-electron chi connectivity index (χ2n) is 22.4. The van der Waals surface area contributed by atoms with Crippen molar-refractivity contribution >= 4 is 12.2 Å². The molecule has 0 spiro atoms. The minimum atomic E-state index is -1.80. The average molecular weight is 1220 g/mol. The first-order chi connectivity index (χ1) is 39.4. The van der Waals surface area contributed by atoms with Gasteiger partial charge in [-0.1, -0.05) is 63.8 Å². The summed E-state index contributed by atoms with van der Waals surface area (Å²) in [7, 11) is 0. The van der Waals surface area contributed by atoms with Gasteiger partial charge in [-0.15, -0.1) is 13.2 Å². The van der Waals surface area contributed by atoms with Crippen LogP contribution in [-0.2, 0) is 47.4 Å². The molecule has 0 aliphatic carbocycles. The van der Waals surface area contributed by atoms with E-state index >= 15 is 0 Å². The van der Waals surface area contributed by atoms with Gasteiger partial charge in [-0.05, 0) is 54.4 Å². The molecule has 0 saturated carbocycles. The topological polar surface area (TPSA) is 474 Å². The lowest BCUT2D eigenvalue weighted by Crippen LogP contribution is -2.65. The summed E-state index contributed by atoms with van der Waals surface area (Å²) in [5, 5.41) is 167. The van der Waals surface area contributed by atoms with Crippen LogP contribution in [-0.4, -0.2) is 292 Å². The molecule has 18 N–H and O–H groups in total. The van der Waals surface area contributed by atoms with E-state index in [0.717, 1.165) is 18.9 Å². The molecule has 4 heterocycles. The number of aliphatic hydroxyl groups is 16. The molecule has 30 nitrogen and oxygen atoms in total. The summed E-state index contributed by atoms with van der Waals surface area (Å²) in [6, 6.07) is -2.14. The number of hydrogen-bond acceptors (Lipinski definition) is 28. The first kappa shape index (κ1) is 76.9. The predicted octanol–water partition coefficient (Wildman–Crippen LogP) is -3.94. The lowest BCUT2D eigenvalue weighted by molar-refractivity contribution is -0.359. The summed E-state index contributed by atoms with van der Waals surface area (Å²) >= 11 is 0. The second kappa shape index (κ2) is 37.6. The summed E-state index contributed by atoms with van der Waals surface area (Å²) in [5.41, 5.74) is -1.62. The van der Waals surface area contributed by atoms with E-state index < -0.39 is 210 Å². The first-order valence-electron chi connectivity index (χ1n) is 28.0. The maximum atomic E-state index is 12.4. The SMILES string of the molecule is C=CCCCC.C=C[C@@H](O)[C@H](CO[C@@H]1OC(CO)[C@@H](O[C@@H]2OC(CO)[C@H](O)[C@H](O)C2O)[C@H](O)C1O)NC(=O)OC(C)(C)C.CCCC/C=C/[C@@H](O)[C@H](CO[C@@H]1OC(CO)[C@@H](O[C@@H]2OC(CO)[C@H](O)[C@H](O)C2O)[C@H](O)C1O)NC(=O)OC(C)(C)C. The van der Waals surface area contributed by atoms with Gasteiger partial charge in [0, 0.05) is 0 Å². The molecule has 8 unspecified atom stereocenters. The highest BCUT2D eigenvalue weighted by atomic mass is 16.8. The fourth-order valence-electron chi connectivity index (χ4n) is 8.36. The number of allylic oxidation sites excluding steroid dienone is 2. The highest BCUT2D eigenvalue weighted by Gasteiger charge is 2.53. The highest BCUT2D eigenvalue weighted by Crippen LogP contribution is 2.32. The van der Waals surface area contributed by atoms with Gasteiger partial charge in [0.1, 0.15) is 109 Å². The molecule has 0 radical (unpaired) electrons. The van der Waals surface area contributed by atoms with E-state index in [9.17, 15) is 91.3 Å². The molecule has 4 saturated heterocycles. The van der Waals surface area contributed by atoms with Gasteiger partial charge in [-0.3, -0.25) is 0 Å². The fraction of sp³-hybridized carbons (Fsp3) is 0.852. The number of amides is 2. The van der Waals surface area contributed by atoms with Crippen molar-refractivity contribution in [2.24, 2.45) is 0 Å². The highest BCUT2D eigenvalue weighted by molar-refractivity contribution is 5.68. The maximum Gasteiger partial charge on any atom is 0.408 e. The van der Waals surface area contributed by atoms with Gasteiger partial charge in [-0.25, -0.2) is 9.59 Å². The number of hydrogen-bond donors (Lipinski definition) is 18. The third-order valence-electron chi connectivity index (χ3n) is 13.1. The predicted molar refractivity (Wildman–Crippen MR) is 292 cm³/mol. The van der Waals surface area contributed by atoms with Gasteiger partial charge < -0.3 is 140 Å². The van der Waals surface area contributed by atoms with Crippen molar-refractivity contribution in [1.29, 1.82) is 0 Å². The Bertz CT molecular complexity index is 1890. The average Bonchev–Trinajstić information content (AvgIpc) is 3.28. The van der Waals surface area contributed by atoms with Crippen LogP contribution in [0.5, 0.6) is 0 Å². The van der Waals surface area contributed by atoms with Crippen molar-refractivity contribution in [3.05, 3.63) is 37.5 Å². The Labute approximate surface area is 489 Å².